The van der Waals surface area contributed by atoms with Crippen LogP contribution in [0.2, 0.25) is 0 Å². The third-order valence-electron chi connectivity index (χ3n) is 8.24. The predicted molar refractivity (Wildman–Crippen MR) is 184 cm³/mol. The first-order chi connectivity index (χ1) is 25.8. The quantitative estimate of drug-likeness (QED) is 0.0208. The fourth-order valence-corrected chi connectivity index (χ4v) is 7.15. The number of carboxylic acid groups (broad SMARTS) is 2. The molecule has 2 aliphatic rings. The topological polar surface area (TPSA) is 419 Å². The van der Waals surface area contributed by atoms with Crippen LogP contribution in [0.15, 0.2) is 33.3 Å². The first-order valence-corrected chi connectivity index (χ1v) is 18.6. The van der Waals surface area contributed by atoms with E-state index in [1.165, 1.54) is 12.2 Å². The molecule has 0 bridgehead atoms. The molecule has 18 N–H and O–H groups in total. The number of carbonyl (C=O) groups is 6. The van der Waals surface area contributed by atoms with Crippen LogP contribution >= 0.6 is 0 Å². The molecule has 0 aliphatic heterocycles. The van der Waals surface area contributed by atoms with Crippen LogP contribution in [0.25, 0.3) is 0 Å². The van der Waals surface area contributed by atoms with Gasteiger partial charge < -0.3 is 0 Å². The first kappa shape index (κ1) is 46.5. The minimum absolute atomic E-state index is 0.0875. The average molecular weight is 900 g/mol. The van der Waals surface area contributed by atoms with E-state index in [9.17, 15) is 59.4 Å². The van der Waals surface area contributed by atoms with E-state index in [0.29, 0.717) is 0 Å². The van der Waals surface area contributed by atoms with Crippen molar-refractivity contribution in [2.75, 3.05) is 26.4 Å². The molecule has 55 heavy (non-hydrogen) atoms. The van der Waals surface area contributed by atoms with Gasteiger partial charge in [0, 0.05) is 0 Å². The molecule has 0 spiro atoms. The fraction of sp³-hybridized carbons (Fsp3) is 0.600. The van der Waals surface area contributed by atoms with Crippen LogP contribution in [0, 0.1) is 11.8 Å². The van der Waals surface area contributed by atoms with Crippen LogP contribution in [0.3, 0.4) is 0 Å². The van der Waals surface area contributed by atoms with Gasteiger partial charge in [0.05, 0.1) is 0 Å². The van der Waals surface area contributed by atoms with Gasteiger partial charge in [0.1, 0.15) is 0 Å². The van der Waals surface area contributed by atoms with Crippen molar-refractivity contribution in [3.8, 4) is 0 Å². The van der Waals surface area contributed by atoms with Crippen LogP contribution in [-0.4, -0.2) is 153 Å². The summed E-state index contributed by atoms with van der Waals surface area (Å²) in [5.41, 5.74) is 21.9. The Morgan fingerprint density at radius 3 is 1.35 bits per heavy atom. The number of ether oxygens (including phenoxy) is 2. The number of nitrogens with zero attached hydrogens (tertiary/aromatic N) is 2. The Kier molecular flexibility index (Phi) is 18.6. The molecule has 0 aromatic rings. The molecule has 310 valence electrons. The summed E-state index contributed by atoms with van der Waals surface area (Å²) in [5.74, 6) is -8.11. The van der Waals surface area contributed by atoms with Crippen molar-refractivity contribution in [3.05, 3.63) is 23.3 Å². The fourth-order valence-electron chi connectivity index (χ4n) is 6.10. The number of carboxylic acids is 2. The Morgan fingerprint density at radius 1 is 0.727 bits per heavy atom. The minimum atomic E-state index is -1.69. The van der Waals surface area contributed by atoms with Gasteiger partial charge in [-0.2, -0.15) is 0 Å². The van der Waals surface area contributed by atoms with Crippen molar-refractivity contribution >= 4 is 47.5 Å². The molecule has 0 fully saturated rings. The molecule has 2 aliphatic carbocycles. The maximum absolute atomic E-state index is 12.7. The van der Waals surface area contributed by atoms with Crippen molar-refractivity contribution in [1.82, 2.24) is 17.7 Å². The molecule has 0 unspecified atom stereocenters. The number of hydrogen-bond donors (Lipinski definition) is 14. The van der Waals surface area contributed by atoms with E-state index < -0.39 is 144 Å². The van der Waals surface area contributed by atoms with Gasteiger partial charge in [-0.15, -0.1) is 0 Å². The zero-order valence-electron chi connectivity index (χ0n) is 29.7. The van der Waals surface area contributed by atoms with Gasteiger partial charge in [-0.25, -0.2) is 0 Å². The van der Waals surface area contributed by atoms with Crippen LogP contribution in [-0.2, 0) is 38.2 Å². The molecule has 0 saturated heterocycles. The third-order valence-corrected chi connectivity index (χ3v) is 9.98. The van der Waals surface area contributed by atoms with Gasteiger partial charge in [0.15, 0.2) is 0 Å². The summed E-state index contributed by atoms with van der Waals surface area (Å²) >= 11 is -1.66. The van der Waals surface area contributed by atoms with Gasteiger partial charge >= 0.3 is 326 Å². The van der Waals surface area contributed by atoms with E-state index in [0.717, 1.165) is 13.8 Å². The number of rotatable bonds is 22. The summed E-state index contributed by atoms with van der Waals surface area (Å²) < 4.78 is 16.1. The molecule has 2 rings (SSSR count). The number of amides is 4. The van der Waals surface area contributed by atoms with E-state index in [4.69, 9.17) is 32.4 Å². The van der Waals surface area contributed by atoms with Gasteiger partial charge in [-0.1, -0.05) is 0 Å². The molecular weight excluding hydrogens is 851 g/mol. The van der Waals surface area contributed by atoms with Crippen LogP contribution < -0.4 is 62.4 Å². The number of aliphatic hydroxyl groups excluding tert-OH is 4. The number of aliphatic carboxylic acids is 2. The molecule has 0 aromatic heterocycles. The number of hydrogen-bond acceptors (Lipinski definition) is 14. The van der Waals surface area contributed by atoms with Gasteiger partial charge in [0.25, 0.3) is 0 Å². The summed E-state index contributed by atoms with van der Waals surface area (Å²) in [6.07, 6.45) is -4.07. The first-order valence-electron chi connectivity index (χ1n) is 16.4. The molecule has 0 aromatic carbocycles. The van der Waals surface area contributed by atoms with Crippen molar-refractivity contribution < 1.29 is 90.6 Å². The van der Waals surface area contributed by atoms with Crippen molar-refractivity contribution in [3.63, 3.8) is 0 Å². The standard InChI is InChI=1S/C30H48IN10O14/c1-11(44)36-23(15-3-13(27(50)51)5-17(15)38-29(32)33)25(19(46)7-42)54-9-21(48)40-31-41-22(49)10-55-26(20(47)8-43)24(37-12(2)45)16-4-14(28(52)53)6-18(16)39-30(34)35/h3-4,15-20,23-26,42-43,46-47H,5-10H2,1-2H3,(H,36,44)(H,37,45)(H,40,48)(H,41,49)(H,50,51)(H,52,53)(H4,32,33,38)(H4,34,35,39)/q-1/t15-,16-,17-,18-,19+,20+,23+,24+,25+,26+/m1/s1. The Bertz CT molecular complexity index is 1430. The second-order valence-electron chi connectivity index (χ2n) is 12.4. The zero-order valence-corrected chi connectivity index (χ0v) is 31.9. The van der Waals surface area contributed by atoms with Crippen molar-refractivity contribution in [2.24, 2.45) is 44.8 Å². The maximum atomic E-state index is 12.7. The SMILES string of the molecule is CC(=O)N[C@@H]([C@@H]1C=C(C(=O)O)C[C@H]1N=C(N)N)[C@@H](OCC(=O)N[I-]NC(=O)CO[C@H]([C@@H](NC(C)=O)[C@@H]1C=C(C(=O)O)C[C@H]1N=C(N)N)[C@@H](O)CO)[C@@H](O)CO. The van der Waals surface area contributed by atoms with E-state index in [1.54, 1.807) is 0 Å². The molecule has 10 atom stereocenters. The number of nitrogens with one attached hydrogen (secondary N) is 4. The Morgan fingerprint density at radius 2 is 1.07 bits per heavy atom. The molecule has 0 radical (unpaired) electrons. The van der Waals surface area contributed by atoms with Crippen LogP contribution in [0.5, 0.6) is 0 Å². The van der Waals surface area contributed by atoms with Crippen LogP contribution in [0.4, 0.5) is 0 Å². The van der Waals surface area contributed by atoms with Crippen LogP contribution in [0.1, 0.15) is 26.7 Å². The van der Waals surface area contributed by atoms with E-state index in [-0.39, 0.29) is 35.9 Å². The second kappa shape index (κ2) is 22.0. The van der Waals surface area contributed by atoms with E-state index >= 15 is 0 Å². The van der Waals surface area contributed by atoms with Gasteiger partial charge in [-0.3, -0.25) is 0 Å². The summed E-state index contributed by atoms with van der Waals surface area (Å²) in [4.78, 5) is 81.3. The number of aliphatic hydroxyl groups is 4. The van der Waals surface area contributed by atoms with Gasteiger partial charge in [-0.05, 0) is 0 Å². The monoisotopic (exact) mass is 899 g/mol. The Balaban J connectivity index is 2.13. The number of aliphatic imine (C=N–C) groups is 2. The average Bonchev–Trinajstić information content (AvgIpc) is 3.70. The van der Waals surface area contributed by atoms with Gasteiger partial charge in [0.2, 0.25) is 0 Å². The summed E-state index contributed by atoms with van der Waals surface area (Å²) in [7, 11) is 0. The second-order valence-corrected chi connectivity index (χ2v) is 14.1. The molecular formula is C30H48IN10O14-. The van der Waals surface area contributed by atoms with Crippen molar-refractivity contribution in [2.45, 2.75) is 75.3 Å². The Labute approximate surface area is 324 Å². The molecule has 0 saturated carbocycles. The predicted octanol–water partition coefficient (Wildman–Crippen LogP) is -10.0. The third kappa shape index (κ3) is 14.5. The normalized spacial score (nSPS) is 22.4. The molecule has 25 heteroatoms. The number of guanidine groups is 2. The number of carbonyl (C=O) groups excluding carboxylic acids is 4. The zero-order chi connectivity index (χ0) is 41.6. The molecule has 24 nitrogen and oxygen atoms in total. The van der Waals surface area contributed by atoms with E-state index in [1.807, 2.05) is 0 Å². The Hall–Kier alpha value is -4.67. The summed E-state index contributed by atoms with van der Waals surface area (Å²) in [6.45, 7) is -1.03. The van der Waals surface area contributed by atoms with E-state index in [2.05, 4.69) is 27.7 Å². The molecule has 4 amide bonds. The number of nitrogens with two attached hydrogens (primary N) is 4. The summed E-state index contributed by atoms with van der Waals surface area (Å²) in [5, 5.41) is 64.9. The number of halogens is 1. The molecule has 0 heterocycles. The summed E-state index contributed by atoms with van der Waals surface area (Å²) in [6, 6.07) is -4.30. The van der Waals surface area contributed by atoms with Crippen molar-refractivity contribution in [1.29, 1.82) is 0 Å².